The van der Waals surface area contributed by atoms with Gasteiger partial charge in [0, 0.05) is 16.9 Å². The fraction of sp³-hybridized carbons (Fsp3) is 0.0500. The van der Waals surface area contributed by atoms with Crippen molar-refractivity contribution >= 4 is 40.5 Å². The van der Waals surface area contributed by atoms with Gasteiger partial charge in [-0.15, -0.1) is 0 Å². The number of nitrogens with one attached hydrogen (secondary N) is 3. The zero-order valence-electron chi connectivity index (χ0n) is 14.5. The average Bonchev–Trinajstić information content (AvgIpc) is 3.20. The summed E-state index contributed by atoms with van der Waals surface area (Å²) in [6.07, 6.45) is 1.41. The van der Waals surface area contributed by atoms with E-state index in [1.165, 1.54) is 6.26 Å². The maximum atomic E-state index is 12.4. The Bertz CT molecular complexity index is 969. The molecule has 0 unspecified atom stereocenters. The van der Waals surface area contributed by atoms with Crippen molar-refractivity contribution in [2.24, 2.45) is 0 Å². The molecule has 0 fully saturated rings. The molecule has 3 aromatic rings. The van der Waals surface area contributed by atoms with Crippen LogP contribution in [0.4, 0.5) is 11.4 Å². The summed E-state index contributed by atoms with van der Waals surface area (Å²) in [7, 11) is 0. The van der Waals surface area contributed by atoms with Gasteiger partial charge in [0.15, 0.2) is 10.9 Å². The van der Waals surface area contributed by atoms with Gasteiger partial charge in [0.2, 0.25) is 0 Å². The Kier molecular flexibility index (Phi) is 5.63. The smallest absolute Gasteiger partial charge is 0.293 e. The molecule has 6 nitrogen and oxygen atoms in total. The Balaban J connectivity index is 1.67. The minimum Gasteiger partial charge on any atom is -0.459 e. The van der Waals surface area contributed by atoms with Crippen molar-refractivity contribution in [3.8, 4) is 0 Å². The van der Waals surface area contributed by atoms with E-state index in [0.717, 1.165) is 5.56 Å². The molecular weight excluding hydrogens is 362 g/mol. The van der Waals surface area contributed by atoms with E-state index in [1.807, 2.05) is 19.1 Å². The predicted molar refractivity (Wildman–Crippen MR) is 108 cm³/mol. The van der Waals surface area contributed by atoms with Gasteiger partial charge < -0.3 is 15.1 Å². The van der Waals surface area contributed by atoms with E-state index in [9.17, 15) is 9.59 Å². The molecule has 0 atom stereocenters. The second kappa shape index (κ2) is 8.29. The second-order valence-electron chi connectivity index (χ2n) is 5.74. The van der Waals surface area contributed by atoms with E-state index in [4.69, 9.17) is 16.6 Å². The summed E-state index contributed by atoms with van der Waals surface area (Å²) < 4.78 is 5.02. The first-order valence-corrected chi connectivity index (χ1v) is 8.56. The van der Waals surface area contributed by atoms with Crippen molar-refractivity contribution in [3.05, 3.63) is 83.8 Å². The largest absolute Gasteiger partial charge is 0.459 e. The fourth-order valence-electron chi connectivity index (χ4n) is 2.35. The molecule has 27 heavy (non-hydrogen) atoms. The summed E-state index contributed by atoms with van der Waals surface area (Å²) in [6.45, 7) is 1.89. The monoisotopic (exact) mass is 379 g/mol. The SMILES string of the molecule is Cc1ccc(NC(=S)NC(=O)c2ccco2)cc1NC(=O)c1ccccc1. The van der Waals surface area contributed by atoms with Gasteiger partial charge in [-0.2, -0.15) is 0 Å². The fourth-order valence-corrected chi connectivity index (χ4v) is 2.56. The number of anilines is 2. The van der Waals surface area contributed by atoms with Crippen LogP contribution >= 0.6 is 12.2 Å². The molecule has 2 aromatic carbocycles. The first kappa shape index (κ1) is 18.3. The molecule has 0 spiro atoms. The highest BCUT2D eigenvalue weighted by Crippen LogP contribution is 2.21. The van der Waals surface area contributed by atoms with E-state index in [1.54, 1.807) is 48.5 Å². The molecule has 0 bridgehead atoms. The van der Waals surface area contributed by atoms with E-state index in [2.05, 4.69) is 16.0 Å². The van der Waals surface area contributed by atoms with Crippen molar-refractivity contribution < 1.29 is 14.0 Å². The average molecular weight is 379 g/mol. The summed E-state index contributed by atoms with van der Waals surface area (Å²) in [5.41, 5.74) is 2.74. The molecule has 7 heteroatoms. The Morgan fingerprint density at radius 2 is 1.70 bits per heavy atom. The van der Waals surface area contributed by atoms with Crippen molar-refractivity contribution in [2.75, 3.05) is 10.6 Å². The third-order valence-corrected chi connectivity index (χ3v) is 3.96. The molecule has 0 aliphatic rings. The van der Waals surface area contributed by atoms with Crippen molar-refractivity contribution in [1.82, 2.24) is 5.32 Å². The molecule has 0 aliphatic heterocycles. The number of carbonyl (C=O) groups excluding carboxylic acids is 2. The van der Waals surface area contributed by atoms with Crippen LogP contribution in [0, 0.1) is 6.92 Å². The van der Waals surface area contributed by atoms with Crippen LogP contribution in [-0.4, -0.2) is 16.9 Å². The molecule has 0 radical (unpaired) electrons. The second-order valence-corrected chi connectivity index (χ2v) is 6.14. The van der Waals surface area contributed by atoms with Gasteiger partial charge in [-0.3, -0.25) is 14.9 Å². The number of aryl methyl sites for hydroxylation is 1. The van der Waals surface area contributed by atoms with E-state index >= 15 is 0 Å². The summed E-state index contributed by atoms with van der Waals surface area (Å²) in [5, 5.41) is 8.46. The topological polar surface area (TPSA) is 83.4 Å². The van der Waals surface area contributed by atoms with Crippen LogP contribution in [0.1, 0.15) is 26.5 Å². The third kappa shape index (κ3) is 4.80. The Labute approximate surface area is 161 Å². The zero-order valence-corrected chi connectivity index (χ0v) is 15.3. The molecular formula is C20H17N3O3S. The normalized spacial score (nSPS) is 10.1. The van der Waals surface area contributed by atoms with Crippen LogP contribution in [0.25, 0.3) is 0 Å². The molecule has 2 amide bonds. The first-order chi connectivity index (χ1) is 13.0. The highest BCUT2D eigenvalue weighted by atomic mass is 32.1. The number of thiocarbonyl (C=S) groups is 1. The van der Waals surface area contributed by atoms with Gasteiger partial charge in [0.1, 0.15) is 0 Å². The van der Waals surface area contributed by atoms with Crippen LogP contribution in [0.2, 0.25) is 0 Å². The van der Waals surface area contributed by atoms with Gasteiger partial charge in [-0.25, -0.2) is 0 Å². The van der Waals surface area contributed by atoms with E-state index in [0.29, 0.717) is 16.9 Å². The Morgan fingerprint density at radius 3 is 2.41 bits per heavy atom. The summed E-state index contributed by atoms with van der Waals surface area (Å²) in [6, 6.07) is 17.5. The van der Waals surface area contributed by atoms with Gasteiger partial charge in [-0.05, 0) is 61.1 Å². The lowest BCUT2D eigenvalue weighted by atomic mass is 10.1. The van der Waals surface area contributed by atoms with Crippen LogP contribution in [0.15, 0.2) is 71.3 Å². The molecule has 0 aliphatic carbocycles. The minimum absolute atomic E-state index is 0.126. The van der Waals surface area contributed by atoms with Crippen LogP contribution in [0.3, 0.4) is 0 Å². The molecule has 136 valence electrons. The Hall–Kier alpha value is -3.45. The first-order valence-electron chi connectivity index (χ1n) is 8.16. The highest BCUT2D eigenvalue weighted by Gasteiger charge is 2.12. The van der Waals surface area contributed by atoms with E-state index in [-0.39, 0.29) is 16.8 Å². The number of carbonyl (C=O) groups is 2. The number of hydrogen-bond acceptors (Lipinski definition) is 4. The highest BCUT2D eigenvalue weighted by molar-refractivity contribution is 7.80. The quantitative estimate of drug-likeness (QED) is 0.598. The van der Waals surface area contributed by atoms with Crippen LogP contribution in [-0.2, 0) is 0 Å². The third-order valence-electron chi connectivity index (χ3n) is 3.75. The Morgan fingerprint density at radius 1 is 0.926 bits per heavy atom. The number of benzene rings is 2. The van der Waals surface area contributed by atoms with Crippen LogP contribution < -0.4 is 16.0 Å². The number of amides is 2. The lowest BCUT2D eigenvalue weighted by Gasteiger charge is -2.13. The van der Waals surface area contributed by atoms with Gasteiger partial charge in [0.05, 0.1) is 6.26 Å². The van der Waals surface area contributed by atoms with E-state index < -0.39 is 5.91 Å². The summed E-state index contributed by atoms with van der Waals surface area (Å²) in [5.74, 6) is -0.481. The van der Waals surface area contributed by atoms with Gasteiger partial charge in [-0.1, -0.05) is 24.3 Å². The molecule has 0 saturated heterocycles. The molecule has 0 saturated carbocycles. The zero-order chi connectivity index (χ0) is 19.2. The lowest BCUT2D eigenvalue weighted by molar-refractivity contribution is 0.0950. The van der Waals surface area contributed by atoms with Crippen molar-refractivity contribution in [1.29, 1.82) is 0 Å². The molecule has 3 rings (SSSR count). The number of rotatable bonds is 4. The maximum absolute atomic E-state index is 12.4. The molecule has 3 N–H and O–H groups in total. The summed E-state index contributed by atoms with van der Waals surface area (Å²) in [4.78, 5) is 24.3. The van der Waals surface area contributed by atoms with Crippen molar-refractivity contribution in [2.45, 2.75) is 6.92 Å². The lowest BCUT2D eigenvalue weighted by Crippen LogP contribution is -2.33. The maximum Gasteiger partial charge on any atom is 0.293 e. The van der Waals surface area contributed by atoms with Crippen molar-refractivity contribution in [3.63, 3.8) is 0 Å². The number of hydrogen-bond donors (Lipinski definition) is 3. The molecule has 1 heterocycles. The van der Waals surface area contributed by atoms with Gasteiger partial charge in [0.25, 0.3) is 11.8 Å². The predicted octanol–water partition coefficient (Wildman–Crippen LogP) is 3.97. The minimum atomic E-state index is -0.442. The van der Waals surface area contributed by atoms with Crippen LogP contribution in [0.5, 0.6) is 0 Å². The number of furan rings is 1. The van der Waals surface area contributed by atoms with Gasteiger partial charge >= 0.3 is 0 Å². The molecule has 1 aromatic heterocycles. The standard InChI is InChI=1S/C20H17N3O3S/c1-13-9-10-15(21-20(27)23-19(25)17-8-5-11-26-17)12-16(13)22-18(24)14-6-3-2-4-7-14/h2-12H,1H3,(H,22,24)(H2,21,23,25,27). The summed E-state index contributed by atoms with van der Waals surface area (Å²) >= 11 is 5.15.